The minimum Gasteiger partial charge on any atom is -0.379 e. The smallest absolute Gasteiger partial charge is 0.255 e. The van der Waals surface area contributed by atoms with Gasteiger partial charge in [0.2, 0.25) is 11.8 Å². The number of hydrogen-bond donors (Lipinski definition) is 2. The number of imide groups is 1. The quantitative estimate of drug-likeness (QED) is 0.250. The molecule has 7 atom stereocenters. The summed E-state index contributed by atoms with van der Waals surface area (Å²) >= 11 is 2.57. The number of fused-ring (bicyclic) bond motifs is 5. The molecule has 0 radical (unpaired) electrons. The fourth-order valence-electron chi connectivity index (χ4n) is 5.87. The molecule has 4 saturated heterocycles. The molecule has 7 unspecified atom stereocenters. The number of nitrogens with one attached hydrogen (secondary N) is 2. The van der Waals surface area contributed by atoms with E-state index in [9.17, 15) is 14.4 Å². The highest BCUT2D eigenvalue weighted by Gasteiger charge is 2.51. The molecular weight excluding hydrogens is 525 g/mol. The summed E-state index contributed by atoms with van der Waals surface area (Å²) in [5.41, 5.74) is 2.54. The number of ether oxygens (including phenoxy) is 1. The molecule has 170 valence electrons. The normalized spacial score (nSPS) is 38.3. The molecule has 10 heteroatoms. The molecule has 0 aromatic heterocycles. The minimum atomic E-state index is -0.585. The van der Waals surface area contributed by atoms with E-state index in [1.807, 2.05) is 18.2 Å². The molecule has 2 bridgehead atoms. The Hall–Kier alpha value is -1.76. The van der Waals surface area contributed by atoms with Crippen LogP contribution in [-0.2, 0) is 20.9 Å². The summed E-state index contributed by atoms with van der Waals surface area (Å²) in [5, 5.41) is 6.08. The van der Waals surface area contributed by atoms with Gasteiger partial charge in [-0.3, -0.25) is 29.5 Å². The van der Waals surface area contributed by atoms with E-state index in [1.54, 1.807) is 4.90 Å². The van der Waals surface area contributed by atoms with Crippen LogP contribution in [-0.4, -0.2) is 81.1 Å². The molecule has 5 heterocycles. The largest absolute Gasteiger partial charge is 0.379 e. The molecule has 3 amide bonds. The van der Waals surface area contributed by atoms with E-state index < -0.39 is 6.04 Å². The number of anilines is 1. The molecular formula is C22H26IN5O4. The van der Waals surface area contributed by atoms with Crippen molar-refractivity contribution in [3.05, 3.63) is 29.3 Å². The number of rotatable bonds is 3. The Balaban J connectivity index is 1.22. The van der Waals surface area contributed by atoms with Gasteiger partial charge < -0.3 is 15.0 Å². The third-order valence-electron chi connectivity index (χ3n) is 7.47. The zero-order valence-corrected chi connectivity index (χ0v) is 19.8. The van der Waals surface area contributed by atoms with Crippen molar-refractivity contribution in [3.8, 4) is 0 Å². The summed E-state index contributed by atoms with van der Waals surface area (Å²) in [5.74, 6) is -0.249. The highest BCUT2D eigenvalue weighted by molar-refractivity contribution is 14.1. The Morgan fingerprint density at radius 2 is 1.97 bits per heavy atom. The lowest BCUT2D eigenvalue weighted by molar-refractivity contribution is -0.136. The Morgan fingerprint density at radius 1 is 1.12 bits per heavy atom. The van der Waals surface area contributed by atoms with Gasteiger partial charge in [0.25, 0.3) is 5.91 Å². The molecule has 4 fully saturated rings. The maximum atomic E-state index is 13.0. The van der Waals surface area contributed by atoms with Crippen LogP contribution in [0.4, 0.5) is 5.69 Å². The van der Waals surface area contributed by atoms with Crippen LogP contribution in [0, 0.1) is 5.92 Å². The van der Waals surface area contributed by atoms with E-state index >= 15 is 0 Å². The number of benzene rings is 1. The van der Waals surface area contributed by atoms with Gasteiger partial charge in [-0.2, -0.15) is 0 Å². The van der Waals surface area contributed by atoms with Crippen LogP contribution >= 0.6 is 22.6 Å². The monoisotopic (exact) mass is 551 g/mol. The first-order valence-electron chi connectivity index (χ1n) is 11.3. The first kappa shape index (κ1) is 20.8. The van der Waals surface area contributed by atoms with Gasteiger partial charge in [-0.05, 0) is 36.6 Å². The number of alkyl halides is 1. The van der Waals surface area contributed by atoms with Crippen LogP contribution in [0.5, 0.6) is 0 Å². The van der Waals surface area contributed by atoms with E-state index in [0.717, 1.165) is 44.0 Å². The van der Waals surface area contributed by atoms with Crippen molar-refractivity contribution in [1.82, 2.24) is 20.0 Å². The van der Waals surface area contributed by atoms with Crippen molar-refractivity contribution >= 4 is 46.0 Å². The summed E-state index contributed by atoms with van der Waals surface area (Å²) in [6.45, 7) is 4.11. The summed E-state index contributed by atoms with van der Waals surface area (Å²) in [4.78, 5) is 43.4. The Labute approximate surface area is 199 Å². The van der Waals surface area contributed by atoms with Gasteiger partial charge >= 0.3 is 0 Å². The number of amides is 3. The lowest BCUT2D eigenvalue weighted by atomic mass is 9.95. The summed E-state index contributed by atoms with van der Waals surface area (Å²) in [6, 6.07) is 5.71. The Morgan fingerprint density at radius 3 is 2.81 bits per heavy atom. The predicted molar refractivity (Wildman–Crippen MR) is 124 cm³/mol. The summed E-state index contributed by atoms with van der Waals surface area (Å²) in [6.07, 6.45) is 1.90. The third-order valence-corrected chi connectivity index (χ3v) is 9.11. The van der Waals surface area contributed by atoms with Crippen molar-refractivity contribution in [1.29, 1.82) is 0 Å². The number of hydrogen-bond acceptors (Lipinski definition) is 7. The van der Waals surface area contributed by atoms with Crippen LogP contribution < -0.4 is 10.6 Å². The van der Waals surface area contributed by atoms with Gasteiger partial charge in [0.05, 0.1) is 17.3 Å². The van der Waals surface area contributed by atoms with Gasteiger partial charge in [-0.1, -0.05) is 22.6 Å². The Bertz CT molecular complexity index is 989. The molecule has 1 aromatic carbocycles. The van der Waals surface area contributed by atoms with Crippen molar-refractivity contribution in [2.45, 2.75) is 48.2 Å². The summed E-state index contributed by atoms with van der Waals surface area (Å²) < 4.78 is 6.25. The SMILES string of the molecule is O=C1CCC(N2Cc3cc(NC4N5CCCN4C4COCC4C5I)ccc3C2=O)C(=O)N1. The number of halogens is 1. The molecule has 1 aromatic rings. The molecule has 5 aliphatic heterocycles. The lowest BCUT2D eigenvalue weighted by Gasteiger charge is -2.55. The number of nitrogens with zero attached hydrogens (tertiary/aromatic N) is 3. The molecule has 0 aliphatic carbocycles. The van der Waals surface area contributed by atoms with Crippen molar-refractivity contribution in [2.24, 2.45) is 5.92 Å². The molecule has 0 spiro atoms. The van der Waals surface area contributed by atoms with Crippen molar-refractivity contribution < 1.29 is 19.1 Å². The van der Waals surface area contributed by atoms with E-state index in [-0.39, 0.29) is 30.4 Å². The number of carbonyl (C=O) groups is 3. The van der Waals surface area contributed by atoms with Crippen LogP contribution in [0.25, 0.3) is 0 Å². The molecule has 6 rings (SSSR count). The predicted octanol–water partition coefficient (Wildman–Crippen LogP) is 0.941. The second-order valence-corrected chi connectivity index (χ2v) is 10.5. The molecule has 32 heavy (non-hydrogen) atoms. The first-order valence-corrected chi connectivity index (χ1v) is 12.5. The van der Waals surface area contributed by atoms with Crippen molar-refractivity contribution in [3.63, 3.8) is 0 Å². The highest BCUT2D eigenvalue weighted by atomic mass is 127. The van der Waals surface area contributed by atoms with Gasteiger partial charge in [0.15, 0.2) is 0 Å². The van der Waals surface area contributed by atoms with Crippen LogP contribution in [0.3, 0.4) is 0 Å². The van der Waals surface area contributed by atoms with E-state index in [0.29, 0.717) is 34.5 Å². The average Bonchev–Trinajstić information content (AvgIpc) is 3.38. The van der Waals surface area contributed by atoms with Gasteiger partial charge in [0.1, 0.15) is 12.3 Å². The molecule has 2 N–H and O–H groups in total. The van der Waals surface area contributed by atoms with E-state index in [2.05, 4.69) is 43.0 Å². The standard InChI is InChI=1S/C22H26IN5O4/c23-19-15-10-32-11-17(15)26-6-1-7-27(19)22(26)24-13-2-3-14-12(8-13)9-28(21(14)31)16-4-5-18(29)25-20(16)30/h2-3,8,15-17,19,22,24H,1,4-7,9-11H2,(H,25,29,30). The lowest BCUT2D eigenvalue weighted by Crippen LogP contribution is -2.69. The average molecular weight is 551 g/mol. The van der Waals surface area contributed by atoms with Crippen molar-refractivity contribution in [2.75, 3.05) is 31.6 Å². The second-order valence-electron chi connectivity index (χ2n) is 9.26. The maximum Gasteiger partial charge on any atom is 0.255 e. The number of piperidine rings is 1. The minimum absolute atomic E-state index is 0.106. The Kier molecular flexibility index (Phi) is 5.16. The fraction of sp³-hybridized carbons (Fsp3) is 0.591. The third kappa shape index (κ3) is 3.25. The van der Waals surface area contributed by atoms with Gasteiger partial charge in [0, 0.05) is 49.3 Å². The molecule has 5 aliphatic rings. The highest BCUT2D eigenvalue weighted by Crippen LogP contribution is 2.40. The van der Waals surface area contributed by atoms with Gasteiger partial charge in [-0.15, -0.1) is 0 Å². The van der Waals surface area contributed by atoms with Crippen LogP contribution in [0.15, 0.2) is 18.2 Å². The molecule has 0 saturated carbocycles. The maximum absolute atomic E-state index is 13.0. The summed E-state index contributed by atoms with van der Waals surface area (Å²) in [7, 11) is 0. The van der Waals surface area contributed by atoms with E-state index in [1.165, 1.54) is 0 Å². The van der Waals surface area contributed by atoms with Crippen LogP contribution in [0.2, 0.25) is 0 Å². The zero-order valence-electron chi connectivity index (χ0n) is 17.6. The second kappa shape index (κ2) is 7.93. The first-order chi connectivity index (χ1) is 15.5. The molecule has 9 nitrogen and oxygen atoms in total. The van der Waals surface area contributed by atoms with Gasteiger partial charge in [-0.25, -0.2) is 0 Å². The zero-order chi connectivity index (χ0) is 22.0. The van der Waals surface area contributed by atoms with E-state index in [4.69, 9.17) is 4.74 Å². The fourth-order valence-corrected chi connectivity index (χ4v) is 7.14. The number of carbonyl (C=O) groups excluding carboxylic acids is 3. The van der Waals surface area contributed by atoms with Crippen LogP contribution in [0.1, 0.15) is 35.2 Å². The topological polar surface area (TPSA) is 94.2 Å².